The molecule has 0 aliphatic carbocycles. The number of hydrogen-bond donors (Lipinski definition) is 0. The van der Waals surface area contributed by atoms with Gasteiger partial charge in [-0.1, -0.05) is 97.1 Å². The van der Waals surface area contributed by atoms with Crippen molar-refractivity contribution in [3.8, 4) is 22.4 Å². The predicted octanol–water partition coefficient (Wildman–Crippen LogP) is 11.6. The third-order valence-corrected chi connectivity index (χ3v) is 8.41. The van der Waals surface area contributed by atoms with E-state index < -0.39 is 0 Å². The first kappa shape index (κ1) is 28.1. The Morgan fingerprint density at radius 2 is 0.723 bits per heavy atom. The highest BCUT2D eigenvalue weighted by Crippen LogP contribution is 2.39. The average molecular weight is 605 g/mol. The van der Waals surface area contributed by atoms with Gasteiger partial charge in [0, 0.05) is 52.1 Å². The summed E-state index contributed by atoms with van der Waals surface area (Å²) in [5.41, 5.74) is 11.9. The Morgan fingerprint density at radius 1 is 0.340 bits per heavy atom. The molecule has 0 aliphatic heterocycles. The summed E-state index contributed by atoms with van der Waals surface area (Å²) in [5.74, 6) is 0. The summed E-state index contributed by atoms with van der Waals surface area (Å²) in [6.45, 7) is 0. The van der Waals surface area contributed by atoms with Gasteiger partial charge in [0.1, 0.15) is 5.65 Å². The Hall–Kier alpha value is -6.39. The first-order valence-corrected chi connectivity index (χ1v) is 15.8. The highest BCUT2D eigenvalue weighted by atomic mass is 15.2. The maximum Gasteiger partial charge on any atom is 0.137 e. The molecule has 4 nitrogen and oxygen atoms in total. The maximum atomic E-state index is 4.81. The van der Waals surface area contributed by atoms with Gasteiger partial charge in [0.2, 0.25) is 0 Å². The molecular formula is C43H32N4. The third-order valence-electron chi connectivity index (χ3n) is 8.41. The first-order chi connectivity index (χ1) is 23.3. The monoisotopic (exact) mass is 604 g/mol. The SMILES string of the molecule is c1ccc(-c2ccc(N(c3ccccc3)c3ccc(N(c4ccccc4)c4ccc(-c5cn6ccccc6n5)cc4)cc3)cc2)cc1. The van der Waals surface area contributed by atoms with Crippen LogP contribution < -0.4 is 9.80 Å². The van der Waals surface area contributed by atoms with Gasteiger partial charge in [-0.25, -0.2) is 4.98 Å². The second-order valence-corrected chi connectivity index (χ2v) is 11.4. The van der Waals surface area contributed by atoms with Gasteiger partial charge in [0.15, 0.2) is 0 Å². The van der Waals surface area contributed by atoms with Crippen molar-refractivity contribution in [3.05, 3.63) is 194 Å². The normalized spacial score (nSPS) is 11.0. The lowest BCUT2D eigenvalue weighted by Crippen LogP contribution is -2.12. The van der Waals surface area contributed by atoms with Crippen molar-refractivity contribution in [1.82, 2.24) is 9.38 Å². The number of fused-ring (bicyclic) bond motifs is 1. The molecule has 0 spiro atoms. The van der Waals surface area contributed by atoms with E-state index in [0.29, 0.717) is 0 Å². The molecule has 8 rings (SSSR count). The van der Waals surface area contributed by atoms with Gasteiger partial charge >= 0.3 is 0 Å². The van der Waals surface area contributed by atoms with Crippen LogP contribution in [0.2, 0.25) is 0 Å². The summed E-state index contributed by atoms with van der Waals surface area (Å²) in [7, 11) is 0. The molecule has 2 aromatic heterocycles. The van der Waals surface area contributed by atoms with E-state index >= 15 is 0 Å². The van der Waals surface area contributed by atoms with E-state index in [-0.39, 0.29) is 0 Å². The molecule has 2 heterocycles. The summed E-state index contributed by atoms with van der Waals surface area (Å²) in [6, 6.07) is 63.8. The molecule has 0 amide bonds. The summed E-state index contributed by atoms with van der Waals surface area (Å²) < 4.78 is 2.05. The van der Waals surface area contributed by atoms with Gasteiger partial charge < -0.3 is 14.2 Å². The van der Waals surface area contributed by atoms with Gasteiger partial charge in [-0.15, -0.1) is 0 Å². The molecule has 0 unspecified atom stereocenters. The van der Waals surface area contributed by atoms with Crippen LogP contribution in [0.1, 0.15) is 0 Å². The lowest BCUT2D eigenvalue weighted by Gasteiger charge is -2.28. The Balaban J connectivity index is 1.14. The highest BCUT2D eigenvalue weighted by molar-refractivity contribution is 5.82. The lowest BCUT2D eigenvalue weighted by molar-refractivity contribution is 1.19. The molecule has 0 saturated carbocycles. The summed E-state index contributed by atoms with van der Waals surface area (Å²) in [6.07, 6.45) is 4.10. The number of rotatable bonds is 8. The topological polar surface area (TPSA) is 23.8 Å². The molecule has 0 bridgehead atoms. The molecule has 0 fully saturated rings. The van der Waals surface area contributed by atoms with E-state index in [0.717, 1.165) is 51.0 Å². The van der Waals surface area contributed by atoms with E-state index in [4.69, 9.17) is 4.98 Å². The standard InChI is InChI=1S/C43H32N4/c1-4-12-33(13-5-1)34-19-23-38(24-20-34)46(36-14-6-2-7-15-36)40-27-29-41(30-28-40)47(37-16-8-3-9-17-37)39-25-21-35(22-26-39)42-32-45-31-11-10-18-43(45)44-42/h1-32H. The minimum Gasteiger partial charge on any atom is -0.311 e. The average Bonchev–Trinajstić information content (AvgIpc) is 3.59. The fourth-order valence-electron chi connectivity index (χ4n) is 6.09. The second kappa shape index (κ2) is 12.5. The molecule has 8 aromatic rings. The van der Waals surface area contributed by atoms with Crippen LogP contribution in [0.4, 0.5) is 34.1 Å². The Kier molecular flexibility index (Phi) is 7.50. The third kappa shape index (κ3) is 5.76. The lowest BCUT2D eigenvalue weighted by atomic mass is 10.0. The smallest absolute Gasteiger partial charge is 0.137 e. The van der Waals surface area contributed by atoms with Crippen molar-refractivity contribution in [2.24, 2.45) is 0 Å². The Labute approximate surface area is 275 Å². The predicted molar refractivity (Wildman–Crippen MR) is 195 cm³/mol. The van der Waals surface area contributed by atoms with Crippen LogP contribution >= 0.6 is 0 Å². The molecule has 4 heteroatoms. The number of nitrogens with zero attached hydrogens (tertiary/aromatic N) is 4. The number of para-hydroxylation sites is 2. The number of pyridine rings is 1. The fraction of sp³-hybridized carbons (Fsp3) is 0. The van der Waals surface area contributed by atoms with Crippen LogP contribution in [0.3, 0.4) is 0 Å². The summed E-state index contributed by atoms with van der Waals surface area (Å²) in [5, 5.41) is 0. The van der Waals surface area contributed by atoms with Crippen LogP contribution in [-0.2, 0) is 0 Å². The van der Waals surface area contributed by atoms with E-state index in [1.807, 2.05) is 24.4 Å². The highest BCUT2D eigenvalue weighted by Gasteiger charge is 2.16. The molecule has 0 radical (unpaired) electrons. The van der Waals surface area contributed by atoms with Gasteiger partial charge in [-0.2, -0.15) is 0 Å². The van der Waals surface area contributed by atoms with Crippen molar-refractivity contribution >= 4 is 39.8 Å². The molecular weight excluding hydrogens is 573 g/mol. The zero-order valence-electron chi connectivity index (χ0n) is 25.8. The van der Waals surface area contributed by atoms with Crippen LogP contribution in [0, 0.1) is 0 Å². The number of benzene rings is 6. The maximum absolute atomic E-state index is 4.81. The molecule has 0 saturated heterocycles. The van der Waals surface area contributed by atoms with Crippen LogP contribution in [0.5, 0.6) is 0 Å². The number of hydrogen-bond acceptors (Lipinski definition) is 3. The van der Waals surface area contributed by atoms with Crippen LogP contribution in [-0.4, -0.2) is 9.38 Å². The zero-order chi connectivity index (χ0) is 31.4. The molecule has 0 N–H and O–H groups in total. The molecule has 224 valence electrons. The Morgan fingerprint density at radius 3 is 1.21 bits per heavy atom. The summed E-state index contributed by atoms with van der Waals surface area (Å²) in [4.78, 5) is 9.41. The number of aromatic nitrogens is 2. The number of imidazole rings is 1. The minimum atomic E-state index is 0.939. The van der Waals surface area contributed by atoms with E-state index in [1.54, 1.807) is 0 Å². The zero-order valence-corrected chi connectivity index (χ0v) is 25.8. The second-order valence-electron chi connectivity index (χ2n) is 11.4. The molecule has 0 atom stereocenters. The quantitative estimate of drug-likeness (QED) is 0.172. The van der Waals surface area contributed by atoms with Gasteiger partial charge in [-0.05, 0) is 96.1 Å². The molecule has 47 heavy (non-hydrogen) atoms. The summed E-state index contributed by atoms with van der Waals surface area (Å²) >= 11 is 0. The van der Waals surface area contributed by atoms with E-state index in [1.165, 1.54) is 11.1 Å². The van der Waals surface area contributed by atoms with E-state index in [9.17, 15) is 0 Å². The van der Waals surface area contributed by atoms with Crippen LogP contribution in [0.25, 0.3) is 28.0 Å². The molecule has 6 aromatic carbocycles. The van der Waals surface area contributed by atoms with Gasteiger partial charge in [-0.3, -0.25) is 0 Å². The van der Waals surface area contributed by atoms with Crippen molar-refractivity contribution in [1.29, 1.82) is 0 Å². The first-order valence-electron chi connectivity index (χ1n) is 15.8. The Bertz CT molecular complexity index is 2170. The van der Waals surface area contributed by atoms with Gasteiger partial charge in [0.25, 0.3) is 0 Å². The van der Waals surface area contributed by atoms with Crippen LogP contribution in [0.15, 0.2) is 194 Å². The van der Waals surface area contributed by atoms with E-state index in [2.05, 4.69) is 184 Å². The minimum absolute atomic E-state index is 0.939. The van der Waals surface area contributed by atoms with Crippen molar-refractivity contribution in [3.63, 3.8) is 0 Å². The number of anilines is 6. The molecule has 0 aliphatic rings. The van der Waals surface area contributed by atoms with Gasteiger partial charge in [0.05, 0.1) is 5.69 Å². The van der Waals surface area contributed by atoms with Crippen molar-refractivity contribution in [2.75, 3.05) is 9.80 Å². The van der Waals surface area contributed by atoms with Crippen molar-refractivity contribution < 1.29 is 0 Å². The fourth-order valence-corrected chi connectivity index (χ4v) is 6.09. The largest absolute Gasteiger partial charge is 0.311 e. The van der Waals surface area contributed by atoms with Crippen molar-refractivity contribution in [2.45, 2.75) is 0 Å².